The Hall–Kier alpha value is -2.92. The van der Waals surface area contributed by atoms with Gasteiger partial charge in [-0.25, -0.2) is 17.6 Å². The van der Waals surface area contributed by atoms with Gasteiger partial charge in [0, 0.05) is 22.6 Å². The Morgan fingerprint density at radius 3 is 2.06 bits per heavy atom. The van der Waals surface area contributed by atoms with Gasteiger partial charge in [0.2, 0.25) is 0 Å². The highest BCUT2D eigenvalue weighted by Crippen LogP contribution is 2.34. The van der Waals surface area contributed by atoms with Crippen LogP contribution in [0.4, 0.5) is 17.6 Å². The van der Waals surface area contributed by atoms with Crippen molar-refractivity contribution in [2.24, 2.45) is 5.92 Å². The topological polar surface area (TPSA) is 9.23 Å². The van der Waals surface area contributed by atoms with Crippen molar-refractivity contribution in [1.29, 1.82) is 0 Å². The predicted octanol–water partition coefficient (Wildman–Crippen LogP) is 8.83. The number of benzene rings is 3. The van der Waals surface area contributed by atoms with Crippen LogP contribution in [0.3, 0.4) is 0 Å². The van der Waals surface area contributed by atoms with Crippen molar-refractivity contribution in [2.75, 3.05) is 6.61 Å². The Morgan fingerprint density at radius 1 is 0.778 bits per heavy atom. The molecule has 0 bridgehead atoms. The maximum atomic E-state index is 15.0. The highest BCUT2D eigenvalue weighted by molar-refractivity contribution is 5.72. The molecule has 2 unspecified atom stereocenters. The lowest BCUT2D eigenvalue weighted by Gasteiger charge is -2.27. The van der Waals surface area contributed by atoms with Gasteiger partial charge in [-0.2, -0.15) is 0 Å². The van der Waals surface area contributed by atoms with Gasteiger partial charge in [-0.05, 0) is 55.7 Å². The molecule has 4 rings (SSSR count). The fourth-order valence-corrected chi connectivity index (χ4v) is 4.91. The second kappa shape index (κ2) is 11.9. The second-order valence-electron chi connectivity index (χ2n) is 9.49. The van der Waals surface area contributed by atoms with E-state index >= 15 is 4.39 Å². The zero-order chi connectivity index (χ0) is 25.7. The van der Waals surface area contributed by atoms with Crippen LogP contribution in [0, 0.1) is 29.2 Å². The summed E-state index contributed by atoms with van der Waals surface area (Å²) in [5.41, 5.74) is 1.35. The minimum atomic E-state index is -1.19. The minimum absolute atomic E-state index is 0.00349. The van der Waals surface area contributed by atoms with Gasteiger partial charge < -0.3 is 4.74 Å². The van der Waals surface area contributed by atoms with E-state index in [1.165, 1.54) is 24.3 Å². The van der Waals surface area contributed by atoms with Crippen molar-refractivity contribution in [3.63, 3.8) is 0 Å². The average molecular weight is 497 g/mol. The van der Waals surface area contributed by atoms with Crippen LogP contribution in [0.1, 0.15) is 50.7 Å². The lowest BCUT2D eigenvalue weighted by molar-refractivity contribution is -0.00800. The van der Waals surface area contributed by atoms with E-state index in [0.717, 1.165) is 31.2 Å². The third kappa shape index (κ3) is 5.73. The maximum absolute atomic E-state index is 15.0. The monoisotopic (exact) mass is 496 g/mol. The molecular formula is C31H32F4O. The first kappa shape index (κ1) is 26.2. The summed E-state index contributed by atoms with van der Waals surface area (Å²) in [6, 6.07) is 12.8. The van der Waals surface area contributed by atoms with Crippen LogP contribution in [0.2, 0.25) is 0 Å². The van der Waals surface area contributed by atoms with Gasteiger partial charge in [-0.3, -0.25) is 0 Å². The van der Waals surface area contributed by atoms with Gasteiger partial charge in [0.25, 0.3) is 0 Å². The van der Waals surface area contributed by atoms with Crippen molar-refractivity contribution in [3.05, 3.63) is 95.1 Å². The first-order valence-electron chi connectivity index (χ1n) is 12.7. The van der Waals surface area contributed by atoms with Crippen LogP contribution in [-0.2, 0) is 17.6 Å². The molecule has 190 valence electrons. The van der Waals surface area contributed by atoms with Crippen molar-refractivity contribution in [3.8, 4) is 22.3 Å². The summed E-state index contributed by atoms with van der Waals surface area (Å²) in [7, 11) is 0. The molecule has 1 heterocycles. The highest BCUT2D eigenvalue weighted by Gasteiger charge is 2.23. The molecule has 36 heavy (non-hydrogen) atoms. The summed E-state index contributed by atoms with van der Waals surface area (Å²) in [6.07, 6.45) is 8.81. The number of halogens is 4. The van der Waals surface area contributed by atoms with Crippen LogP contribution in [0.5, 0.6) is 0 Å². The molecule has 1 nitrogen and oxygen atoms in total. The summed E-state index contributed by atoms with van der Waals surface area (Å²) < 4.78 is 65.8. The smallest absolute Gasteiger partial charge is 0.167 e. The Bertz CT molecular complexity index is 1210. The third-order valence-electron chi connectivity index (χ3n) is 6.94. The molecule has 3 aromatic carbocycles. The fraction of sp³-hybridized carbons (Fsp3) is 0.355. The van der Waals surface area contributed by atoms with Crippen molar-refractivity contribution < 1.29 is 22.3 Å². The summed E-state index contributed by atoms with van der Waals surface area (Å²) in [4.78, 5) is 0. The van der Waals surface area contributed by atoms with E-state index in [2.05, 4.69) is 13.0 Å². The molecule has 0 amide bonds. The maximum Gasteiger partial charge on any atom is 0.167 e. The largest absolute Gasteiger partial charge is 0.378 e. The van der Waals surface area contributed by atoms with E-state index in [1.807, 2.05) is 25.1 Å². The molecule has 1 aliphatic heterocycles. The number of allylic oxidation sites excluding steroid dienone is 1. The van der Waals surface area contributed by atoms with Crippen molar-refractivity contribution >= 4 is 0 Å². The summed E-state index contributed by atoms with van der Waals surface area (Å²) in [6.45, 7) is 4.68. The minimum Gasteiger partial charge on any atom is -0.378 e. The number of hydrogen-bond acceptors (Lipinski definition) is 1. The molecule has 2 atom stereocenters. The summed E-state index contributed by atoms with van der Waals surface area (Å²) in [5.74, 6) is -4.06. The first-order valence-corrected chi connectivity index (χ1v) is 12.7. The molecule has 0 saturated carbocycles. The normalized spacial score (nSPS) is 18.2. The Morgan fingerprint density at radius 2 is 1.42 bits per heavy atom. The molecule has 0 aromatic heterocycles. The van der Waals surface area contributed by atoms with Gasteiger partial charge in [0.15, 0.2) is 23.3 Å². The quantitative estimate of drug-likeness (QED) is 0.224. The zero-order valence-corrected chi connectivity index (χ0v) is 20.8. The van der Waals surface area contributed by atoms with Gasteiger partial charge in [-0.15, -0.1) is 0 Å². The number of hydrogen-bond donors (Lipinski definition) is 0. The molecule has 0 N–H and O–H groups in total. The lowest BCUT2D eigenvalue weighted by Crippen LogP contribution is -2.25. The van der Waals surface area contributed by atoms with Crippen LogP contribution in [0.15, 0.2) is 60.7 Å². The molecule has 1 aliphatic rings. The molecule has 1 fully saturated rings. The molecular weight excluding hydrogens is 464 g/mol. The standard InChI is InChI=1S/C31H32F4O/c1-3-5-20-7-10-22(11-8-20)25-17-18-27(31(35)29(25)33)26-16-13-23(28(32)30(26)34)12-15-24-14-9-21(6-4-2)19-36-24/h4,6-8,10-11,13,16-18,21,24H,3,5,9,12,14-15,19H2,1-2H3/b6-4+. The zero-order valence-electron chi connectivity index (χ0n) is 20.8. The Kier molecular flexibility index (Phi) is 8.63. The summed E-state index contributed by atoms with van der Waals surface area (Å²) >= 11 is 0. The lowest BCUT2D eigenvalue weighted by atomic mass is 9.93. The van der Waals surface area contributed by atoms with Crippen molar-refractivity contribution in [1.82, 2.24) is 0 Å². The van der Waals surface area contributed by atoms with Crippen LogP contribution >= 0.6 is 0 Å². The molecule has 0 spiro atoms. The van der Waals surface area contributed by atoms with Crippen LogP contribution < -0.4 is 0 Å². The SMILES string of the molecule is C/C=C/C1CCC(CCc2ccc(-c3ccc(-c4ccc(CCC)cc4)c(F)c3F)c(F)c2F)OC1. The molecule has 0 radical (unpaired) electrons. The molecule has 1 saturated heterocycles. The number of aryl methyl sites for hydroxylation is 2. The van der Waals surface area contributed by atoms with Crippen molar-refractivity contribution in [2.45, 2.75) is 58.5 Å². The first-order chi connectivity index (χ1) is 17.4. The van der Waals surface area contributed by atoms with E-state index in [0.29, 0.717) is 30.9 Å². The number of ether oxygens (including phenoxy) is 1. The third-order valence-corrected chi connectivity index (χ3v) is 6.94. The van der Waals surface area contributed by atoms with E-state index < -0.39 is 23.3 Å². The molecule has 0 aliphatic carbocycles. The predicted molar refractivity (Wildman–Crippen MR) is 137 cm³/mol. The fourth-order valence-electron chi connectivity index (χ4n) is 4.91. The highest BCUT2D eigenvalue weighted by atomic mass is 19.2. The average Bonchev–Trinajstić information content (AvgIpc) is 2.89. The van der Waals surface area contributed by atoms with Gasteiger partial charge in [0.05, 0.1) is 12.7 Å². The second-order valence-corrected chi connectivity index (χ2v) is 9.49. The molecule has 5 heteroatoms. The van der Waals surface area contributed by atoms with Gasteiger partial charge >= 0.3 is 0 Å². The summed E-state index contributed by atoms with van der Waals surface area (Å²) in [5, 5.41) is 0. The number of rotatable bonds is 8. The Labute approximate surface area is 210 Å². The van der Waals surface area contributed by atoms with Crippen LogP contribution in [0.25, 0.3) is 22.3 Å². The van der Waals surface area contributed by atoms with E-state index in [9.17, 15) is 13.2 Å². The molecule has 3 aromatic rings. The van der Waals surface area contributed by atoms with Crippen LogP contribution in [-0.4, -0.2) is 12.7 Å². The van der Waals surface area contributed by atoms with Gasteiger partial charge in [-0.1, -0.05) is 74.0 Å². The van der Waals surface area contributed by atoms with E-state index in [4.69, 9.17) is 4.74 Å². The van der Waals surface area contributed by atoms with Gasteiger partial charge in [0.1, 0.15) is 0 Å². The van der Waals surface area contributed by atoms with E-state index in [-0.39, 0.29) is 28.4 Å². The van der Waals surface area contributed by atoms with E-state index in [1.54, 1.807) is 12.1 Å². The Balaban J connectivity index is 1.50.